The van der Waals surface area contributed by atoms with Crippen LogP contribution in [0.5, 0.6) is 0 Å². The van der Waals surface area contributed by atoms with Gasteiger partial charge in [0.2, 0.25) is 0 Å². The minimum absolute atomic E-state index is 0. The van der Waals surface area contributed by atoms with Crippen LogP contribution in [0.25, 0.3) is 0 Å². The Balaban J connectivity index is 0.000000545. The molecule has 8 heteroatoms. The number of ether oxygens (including phenoxy) is 2. The van der Waals surface area contributed by atoms with Gasteiger partial charge in [0.05, 0.1) is 11.1 Å². The third-order valence-corrected chi connectivity index (χ3v) is 7.33. The third-order valence-electron chi connectivity index (χ3n) is 7.33. The Kier molecular flexibility index (Phi) is 19.1. The van der Waals surface area contributed by atoms with Crippen molar-refractivity contribution in [1.82, 2.24) is 9.97 Å². The molecule has 0 aliphatic carbocycles. The zero-order valence-corrected chi connectivity index (χ0v) is 36.2. The van der Waals surface area contributed by atoms with Crippen LogP contribution in [0.4, 0.5) is 0 Å². The molecule has 6 nitrogen and oxygen atoms in total. The van der Waals surface area contributed by atoms with Crippen LogP contribution >= 0.6 is 0 Å². The summed E-state index contributed by atoms with van der Waals surface area (Å²) in [4.78, 5) is 19.5. The first-order valence-corrected chi connectivity index (χ1v) is 16.2. The summed E-state index contributed by atoms with van der Waals surface area (Å²) in [5.74, 6) is 0. The molecule has 2 aliphatic rings. The molecule has 2 fully saturated rings. The average molecular weight is 685 g/mol. The first-order valence-electron chi connectivity index (χ1n) is 16.2. The van der Waals surface area contributed by atoms with Crippen LogP contribution in [0.15, 0.2) is 94.9 Å². The van der Waals surface area contributed by atoms with Crippen molar-refractivity contribution in [2.24, 2.45) is 9.98 Å². The van der Waals surface area contributed by atoms with Gasteiger partial charge in [-0.15, -0.1) is 22.8 Å². The SMILES string of the molecule is C1CCOC1.C1CCOC1.CC(C)(C)N=Cc1ccc(C(c2ccccc2)(c2ccccc2)c2ccc(C=NC(C)(C)C)[n-]2)[n-]1.[K+].[K+]. The number of rotatable bonds is 6. The van der Waals surface area contributed by atoms with E-state index in [1.54, 1.807) is 0 Å². The number of hydrogen-bond donors (Lipinski definition) is 0. The predicted molar refractivity (Wildman–Crippen MR) is 186 cm³/mol. The fourth-order valence-corrected chi connectivity index (χ4v) is 5.12. The predicted octanol–water partition coefficient (Wildman–Crippen LogP) is 2.02. The van der Waals surface area contributed by atoms with E-state index in [1.165, 1.54) is 25.7 Å². The van der Waals surface area contributed by atoms with E-state index in [9.17, 15) is 0 Å². The zero-order chi connectivity index (χ0) is 32.2. The average Bonchev–Trinajstić information content (AvgIpc) is 3.86. The van der Waals surface area contributed by atoms with E-state index in [1.807, 2.05) is 36.7 Å². The molecule has 2 aromatic heterocycles. The Bertz CT molecular complexity index is 1350. The van der Waals surface area contributed by atoms with Crippen LogP contribution in [0.2, 0.25) is 0 Å². The molecule has 0 amide bonds. The molecule has 0 atom stereocenters. The van der Waals surface area contributed by atoms with E-state index >= 15 is 0 Å². The molecule has 0 N–H and O–H groups in total. The van der Waals surface area contributed by atoms with Crippen molar-refractivity contribution in [3.63, 3.8) is 0 Å². The van der Waals surface area contributed by atoms with Crippen LogP contribution in [-0.4, -0.2) is 49.9 Å². The summed E-state index contributed by atoms with van der Waals surface area (Å²) in [6.45, 7) is 16.5. The van der Waals surface area contributed by atoms with Crippen LogP contribution in [0.1, 0.15) is 101 Å². The molecular formula is C39H50K2N4O2. The van der Waals surface area contributed by atoms with Crippen molar-refractivity contribution < 1.29 is 112 Å². The normalized spacial score (nSPS) is 14.9. The molecule has 4 heterocycles. The van der Waals surface area contributed by atoms with E-state index in [2.05, 4.69) is 112 Å². The second kappa shape index (κ2) is 21.0. The van der Waals surface area contributed by atoms with E-state index in [0.717, 1.165) is 60.3 Å². The van der Waals surface area contributed by atoms with Crippen molar-refractivity contribution in [3.05, 3.63) is 119 Å². The summed E-state index contributed by atoms with van der Waals surface area (Å²) < 4.78 is 9.89. The van der Waals surface area contributed by atoms with Crippen LogP contribution in [-0.2, 0) is 14.9 Å². The van der Waals surface area contributed by atoms with Crippen molar-refractivity contribution >= 4 is 12.4 Å². The Hall–Kier alpha value is -0.467. The van der Waals surface area contributed by atoms with Crippen molar-refractivity contribution in [2.45, 2.75) is 83.7 Å². The number of aliphatic imine (C=N–C) groups is 2. The minimum Gasteiger partial charge on any atom is -0.659 e. The monoisotopic (exact) mass is 684 g/mol. The first kappa shape index (κ1) is 42.7. The first-order chi connectivity index (χ1) is 21.6. The summed E-state index contributed by atoms with van der Waals surface area (Å²) >= 11 is 0. The van der Waals surface area contributed by atoms with Gasteiger partial charge in [-0.25, -0.2) is 0 Å². The van der Waals surface area contributed by atoms with Gasteiger partial charge >= 0.3 is 103 Å². The van der Waals surface area contributed by atoms with Gasteiger partial charge in [-0.1, -0.05) is 84.9 Å². The summed E-state index contributed by atoms with van der Waals surface area (Å²) in [6, 6.07) is 29.3. The van der Waals surface area contributed by atoms with E-state index in [4.69, 9.17) is 19.4 Å². The molecule has 4 aromatic rings. The largest absolute Gasteiger partial charge is 1.00 e. The molecule has 0 unspecified atom stereocenters. The molecule has 0 saturated carbocycles. The molecule has 2 aliphatic heterocycles. The van der Waals surface area contributed by atoms with Crippen molar-refractivity contribution in [1.29, 1.82) is 0 Å². The van der Waals surface area contributed by atoms with Crippen LogP contribution < -0.4 is 113 Å². The summed E-state index contributed by atoms with van der Waals surface area (Å²) in [6.07, 6.45) is 8.84. The molecule has 240 valence electrons. The fraction of sp³-hybridized carbons (Fsp3) is 0.436. The van der Waals surface area contributed by atoms with Gasteiger partial charge in [0, 0.05) is 44.3 Å². The van der Waals surface area contributed by atoms with Gasteiger partial charge in [0.25, 0.3) is 0 Å². The maximum atomic E-state index is 5.09. The second-order valence-electron chi connectivity index (χ2n) is 13.5. The molecular weight excluding hydrogens is 635 g/mol. The second-order valence-corrected chi connectivity index (χ2v) is 13.5. The van der Waals surface area contributed by atoms with Crippen molar-refractivity contribution in [2.75, 3.05) is 26.4 Å². The van der Waals surface area contributed by atoms with E-state index in [0.29, 0.717) is 0 Å². The maximum absolute atomic E-state index is 5.09. The number of hydrogen-bond acceptors (Lipinski definition) is 4. The topological polar surface area (TPSA) is 71.4 Å². The Morgan fingerprint density at radius 2 is 0.851 bits per heavy atom. The van der Waals surface area contributed by atoms with E-state index in [-0.39, 0.29) is 114 Å². The quantitative estimate of drug-likeness (QED) is 0.230. The molecule has 0 radical (unpaired) electrons. The molecule has 6 rings (SSSR count). The summed E-state index contributed by atoms with van der Waals surface area (Å²) in [7, 11) is 0. The van der Waals surface area contributed by atoms with Gasteiger partial charge in [0.1, 0.15) is 0 Å². The van der Waals surface area contributed by atoms with Crippen LogP contribution in [0.3, 0.4) is 0 Å². The standard InChI is InChI=1S/C31H34N4.2C4H8O.2K/c1-29(2,3)32-21-25-17-19-27(34-25)31(23-13-9-7-10-14-23,24-15-11-8-12-16-24)28-20-18-26(35-28)22-33-30(4,5)6;2*1-2-4-5-3-1;;/h7-22H,1-6H3;2*1-4H2;;/q-2;;;2*+1. The fourth-order valence-electron chi connectivity index (χ4n) is 5.12. The molecule has 47 heavy (non-hydrogen) atoms. The van der Waals surface area contributed by atoms with Gasteiger partial charge < -0.3 is 19.4 Å². The number of aromatic nitrogens is 2. The Morgan fingerprint density at radius 3 is 1.13 bits per heavy atom. The van der Waals surface area contributed by atoms with Gasteiger partial charge in [-0.3, -0.25) is 9.98 Å². The minimum atomic E-state index is -0.676. The van der Waals surface area contributed by atoms with Gasteiger partial charge in [-0.2, -0.15) is 0 Å². The van der Waals surface area contributed by atoms with E-state index < -0.39 is 5.41 Å². The van der Waals surface area contributed by atoms with Crippen molar-refractivity contribution in [3.8, 4) is 0 Å². The van der Waals surface area contributed by atoms with Gasteiger partial charge in [-0.05, 0) is 78.4 Å². The zero-order valence-electron chi connectivity index (χ0n) is 30.0. The molecule has 2 saturated heterocycles. The van der Waals surface area contributed by atoms with Gasteiger partial charge in [0.15, 0.2) is 0 Å². The molecule has 0 bridgehead atoms. The summed E-state index contributed by atoms with van der Waals surface area (Å²) in [5, 5.41) is 0. The molecule has 2 aromatic carbocycles. The third kappa shape index (κ3) is 13.6. The smallest absolute Gasteiger partial charge is 0.659 e. The van der Waals surface area contributed by atoms with Crippen LogP contribution in [0, 0.1) is 0 Å². The molecule has 0 spiro atoms. The summed E-state index contributed by atoms with van der Waals surface area (Å²) in [5.41, 5.74) is 4.74. The number of nitrogens with zero attached hydrogens (tertiary/aromatic N) is 4. The number of benzene rings is 2. The Labute approximate surface area is 368 Å². The Morgan fingerprint density at radius 1 is 0.511 bits per heavy atom. The maximum Gasteiger partial charge on any atom is 1.00 e.